The molecule has 41 heavy (non-hydrogen) atoms. The van der Waals surface area contributed by atoms with E-state index in [4.69, 9.17) is 21.3 Å². The molecule has 0 aliphatic carbocycles. The number of primary amides is 1. The van der Waals surface area contributed by atoms with E-state index in [1.54, 1.807) is 72.8 Å². The first-order chi connectivity index (χ1) is 19.8. The average molecular weight is 557 g/mol. The van der Waals surface area contributed by atoms with E-state index in [1.807, 2.05) is 24.3 Å². The summed E-state index contributed by atoms with van der Waals surface area (Å²) in [6.45, 7) is 2.46. The molecule has 1 fully saturated rings. The van der Waals surface area contributed by atoms with E-state index < -0.39 is 18.4 Å². The number of hydrogen-bond acceptors (Lipinski definition) is 7. The summed E-state index contributed by atoms with van der Waals surface area (Å²) in [7, 11) is 1.67. The van der Waals surface area contributed by atoms with Gasteiger partial charge in [0.2, 0.25) is 0 Å². The van der Waals surface area contributed by atoms with Crippen LogP contribution in [0.2, 0.25) is 0 Å². The Hall–Kier alpha value is -5.32. The molecule has 1 aliphatic rings. The van der Waals surface area contributed by atoms with Crippen LogP contribution in [0.3, 0.4) is 0 Å². The minimum atomic E-state index is -1.09. The number of carboxylic acids is 1. The van der Waals surface area contributed by atoms with Gasteiger partial charge in [0.25, 0.3) is 5.91 Å². The molecule has 0 unspecified atom stereocenters. The van der Waals surface area contributed by atoms with Crippen molar-refractivity contribution in [2.45, 2.75) is 0 Å². The molecule has 3 amide bonds. The molecule has 2 heterocycles. The number of benzene rings is 3. The predicted molar refractivity (Wildman–Crippen MR) is 158 cm³/mol. The Morgan fingerprint density at radius 2 is 1.63 bits per heavy atom. The topological polar surface area (TPSA) is 155 Å². The van der Waals surface area contributed by atoms with Crippen LogP contribution in [0.1, 0.15) is 10.4 Å². The van der Waals surface area contributed by atoms with Crippen LogP contribution in [0.25, 0.3) is 10.8 Å². The Morgan fingerprint density at radius 3 is 2.29 bits per heavy atom. The molecular formula is C30H32N6O5. The Kier molecular flexibility index (Phi) is 9.20. The van der Waals surface area contributed by atoms with Gasteiger partial charge in [-0.25, -0.2) is 9.78 Å². The monoisotopic (exact) mass is 556 g/mol. The average Bonchev–Trinajstić information content (AvgIpc) is 3.00. The molecule has 1 aliphatic heterocycles. The van der Waals surface area contributed by atoms with E-state index in [0.29, 0.717) is 35.5 Å². The standard InChI is InChI=1S/C18H15N3O3.C12H17N3O2/c19-17-15-10-13(7-6-12(15)8-9-20-17)18(24)21(11-16(22)23)14-4-2-1-3-5-14;1-17-11-5-3-2-4-10(11)14-6-8-15(9-7-14)12(13)16/h1-10H,11H2,(H2,19,20)(H,22,23);2-5H,6-9H2,1H3,(H2,13,16). The van der Waals surface area contributed by atoms with Crippen molar-refractivity contribution in [1.29, 1.82) is 0 Å². The van der Waals surface area contributed by atoms with Gasteiger partial charge in [0.05, 0.1) is 12.8 Å². The number of carbonyl (C=O) groups excluding carboxylic acids is 2. The number of amides is 3. The van der Waals surface area contributed by atoms with Crippen LogP contribution in [-0.4, -0.2) is 72.7 Å². The number of nitrogen functional groups attached to an aromatic ring is 1. The van der Waals surface area contributed by atoms with Crippen molar-refractivity contribution in [1.82, 2.24) is 9.88 Å². The van der Waals surface area contributed by atoms with Crippen molar-refractivity contribution in [2.24, 2.45) is 5.73 Å². The summed E-state index contributed by atoms with van der Waals surface area (Å²) >= 11 is 0. The summed E-state index contributed by atoms with van der Waals surface area (Å²) < 4.78 is 5.33. The molecule has 11 nitrogen and oxygen atoms in total. The number of aliphatic carboxylic acids is 1. The van der Waals surface area contributed by atoms with E-state index in [1.165, 1.54) is 4.90 Å². The number of rotatable bonds is 6. The fourth-order valence-corrected chi connectivity index (χ4v) is 4.56. The van der Waals surface area contributed by atoms with Crippen LogP contribution in [0.15, 0.2) is 85.1 Å². The van der Waals surface area contributed by atoms with Crippen LogP contribution < -0.4 is 26.0 Å². The van der Waals surface area contributed by atoms with Gasteiger partial charge in [-0.05, 0) is 47.9 Å². The van der Waals surface area contributed by atoms with Crippen molar-refractivity contribution in [3.63, 3.8) is 0 Å². The minimum absolute atomic E-state index is 0.326. The van der Waals surface area contributed by atoms with Crippen molar-refractivity contribution >= 4 is 45.9 Å². The van der Waals surface area contributed by atoms with E-state index in [9.17, 15) is 14.4 Å². The van der Waals surface area contributed by atoms with Crippen LogP contribution in [0.5, 0.6) is 5.75 Å². The second-order valence-corrected chi connectivity index (χ2v) is 9.24. The summed E-state index contributed by atoms with van der Waals surface area (Å²) in [4.78, 5) is 44.1. The van der Waals surface area contributed by atoms with Gasteiger partial charge in [0.1, 0.15) is 18.1 Å². The van der Waals surface area contributed by atoms with E-state index in [0.717, 1.165) is 29.9 Å². The van der Waals surface area contributed by atoms with Gasteiger partial charge in [-0.1, -0.05) is 36.4 Å². The molecule has 1 aromatic heterocycles. The molecule has 5 N–H and O–H groups in total. The maximum Gasteiger partial charge on any atom is 0.323 e. The number of nitrogens with zero attached hydrogens (tertiary/aromatic N) is 4. The number of pyridine rings is 1. The minimum Gasteiger partial charge on any atom is -0.495 e. The lowest BCUT2D eigenvalue weighted by Crippen LogP contribution is -2.50. The first-order valence-corrected chi connectivity index (χ1v) is 12.9. The van der Waals surface area contributed by atoms with Crippen LogP contribution in [0.4, 0.5) is 22.0 Å². The van der Waals surface area contributed by atoms with Gasteiger partial charge < -0.3 is 31.1 Å². The molecule has 0 spiro atoms. The molecule has 212 valence electrons. The summed E-state index contributed by atoms with van der Waals surface area (Å²) in [6, 6.07) is 23.1. The van der Waals surface area contributed by atoms with E-state index in [2.05, 4.69) is 9.88 Å². The zero-order chi connectivity index (χ0) is 29.4. The second kappa shape index (κ2) is 13.2. The van der Waals surface area contributed by atoms with Crippen LogP contribution in [-0.2, 0) is 4.79 Å². The summed E-state index contributed by atoms with van der Waals surface area (Å²) in [5, 5.41) is 10.7. The first-order valence-electron chi connectivity index (χ1n) is 12.9. The largest absolute Gasteiger partial charge is 0.495 e. The number of para-hydroxylation sites is 3. The van der Waals surface area contributed by atoms with Crippen molar-refractivity contribution in [3.05, 3.63) is 90.6 Å². The molecule has 0 bridgehead atoms. The third kappa shape index (κ3) is 7.01. The predicted octanol–water partition coefficient (Wildman–Crippen LogP) is 3.44. The highest BCUT2D eigenvalue weighted by atomic mass is 16.5. The van der Waals surface area contributed by atoms with Gasteiger partial charge in [-0.3, -0.25) is 14.5 Å². The Bertz CT molecular complexity index is 1520. The number of ether oxygens (including phenoxy) is 1. The number of hydrogen-bond donors (Lipinski definition) is 3. The molecule has 4 aromatic rings. The van der Waals surface area contributed by atoms with E-state index >= 15 is 0 Å². The summed E-state index contributed by atoms with van der Waals surface area (Å²) in [5.74, 6) is -0.311. The molecule has 0 saturated carbocycles. The lowest BCUT2D eigenvalue weighted by atomic mass is 10.1. The highest BCUT2D eigenvalue weighted by Crippen LogP contribution is 2.28. The number of aromatic nitrogens is 1. The number of carbonyl (C=O) groups is 3. The fourth-order valence-electron chi connectivity index (χ4n) is 4.56. The van der Waals surface area contributed by atoms with Crippen LogP contribution >= 0.6 is 0 Å². The van der Waals surface area contributed by atoms with Crippen molar-refractivity contribution in [2.75, 3.05) is 55.4 Å². The number of carboxylic acid groups (broad SMARTS) is 1. The lowest BCUT2D eigenvalue weighted by Gasteiger charge is -2.35. The second-order valence-electron chi connectivity index (χ2n) is 9.24. The summed E-state index contributed by atoms with van der Waals surface area (Å²) in [5.41, 5.74) is 13.1. The maximum absolute atomic E-state index is 12.8. The van der Waals surface area contributed by atoms with Crippen molar-refractivity contribution in [3.8, 4) is 5.75 Å². The summed E-state index contributed by atoms with van der Waals surface area (Å²) in [6.07, 6.45) is 1.60. The molecule has 3 aromatic carbocycles. The number of urea groups is 1. The van der Waals surface area contributed by atoms with Gasteiger partial charge in [0, 0.05) is 49.0 Å². The zero-order valence-corrected chi connectivity index (χ0v) is 22.6. The molecule has 0 atom stereocenters. The maximum atomic E-state index is 12.8. The molecule has 11 heteroatoms. The quantitative estimate of drug-likeness (QED) is 0.326. The van der Waals surface area contributed by atoms with Crippen molar-refractivity contribution < 1.29 is 24.2 Å². The number of piperazine rings is 1. The van der Waals surface area contributed by atoms with Gasteiger partial charge in [-0.15, -0.1) is 0 Å². The Balaban J connectivity index is 0.000000201. The van der Waals surface area contributed by atoms with Gasteiger partial charge >= 0.3 is 12.0 Å². The lowest BCUT2D eigenvalue weighted by molar-refractivity contribution is -0.135. The molecule has 0 radical (unpaired) electrons. The SMILES string of the molecule is COc1ccccc1N1CCN(C(N)=O)CC1.Nc1nccc2ccc(C(=O)N(CC(=O)O)c3ccccc3)cc12. The fraction of sp³-hybridized carbons (Fsp3) is 0.200. The third-order valence-corrected chi connectivity index (χ3v) is 6.67. The third-order valence-electron chi connectivity index (χ3n) is 6.67. The normalized spacial score (nSPS) is 12.7. The van der Waals surface area contributed by atoms with Gasteiger partial charge in [0.15, 0.2) is 0 Å². The number of fused-ring (bicyclic) bond motifs is 1. The molecular weight excluding hydrogens is 524 g/mol. The smallest absolute Gasteiger partial charge is 0.323 e. The zero-order valence-electron chi connectivity index (χ0n) is 22.6. The molecule has 1 saturated heterocycles. The van der Waals surface area contributed by atoms with Crippen LogP contribution in [0, 0.1) is 0 Å². The number of nitrogens with two attached hydrogens (primary N) is 2. The molecule has 5 rings (SSSR count). The highest BCUT2D eigenvalue weighted by molar-refractivity contribution is 6.10. The van der Waals surface area contributed by atoms with E-state index in [-0.39, 0.29) is 6.03 Å². The number of anilines is 3. The Labute approximate surface area is 237 Å². The highest BCUT2D eigenvalue weighted by Gasteiger charge is 2.22. The van der Waals surface area contributed by atoms with Gasteiger partial charge in [-0.2, -0.15) is 0 Å². The Morgan fingerprint density at radius 1 is 0.951 bits per heavy atom. The first kappa shape index (κ1) is 28.7. The number of methoxy groups -OCH3 is 1.